The SMILES string of the molecule is C.CC=O.CCN1CC(N2CCN3c4c(C)cc(Nc5ncc(Cl)c(Nc6ccccc6P(C)(C)=O)n5)cc4OC[C@@H]3C2)C1.Cc1cc(Nc2ncc(Cl)c(Nc3ccccc3P(C)(C)=O)n2)cc2c1N1CCN(C3CNC3)C[C@H]1CO2.S.S. The van der Waals surface area contributed by atoms with Gasteiger partial charge in [-0.15, -0.1) is 0 Å². The number of rotatable bonds is 13. The van der Waals surface area contributed by atoms with Crippen LogP contribution >= 0.6 is 64.5 Å². The number of carbonyl (C=O) groups is 1. The normalized spacial score (nSPS) is 18.5. The summed E-state index contributed by atoms with van der Waals surface area (Å²) in [6, 6.07) is 25.4. The third-order valence-corrected chi connectivity index (χ3v) is 19.3. The smallest absolute Gasteiger partial charge is 0.229 e. The number of likely N-dealkylation sites (tertiary alicyclic amines) is 1. The van der Waals surface area contributed by atoms with Crippen LogP contribution in [0.25, 0.3) is 0 Å². The van der Waals surface area contributed by atoms with Gasteiger partial charge in [-0.1, -0.05) is 61.8 Å². The minimum atomic E-state index is -2.50. The first kappa shape index (κ1) is 66.2. The van der Waals surface area contributed by atoms with E-state index in [4.69, 9.17) is 37.5 Å². The van der Waals surface area contributed by atoms with E-state index in [1.807, 2.05) is 60.7 Å². The van der Waals surface area contributed by atoms with Gasteiger partial charge in [0.2, 0.25) is 11.9 Å². The molecule has 6 aliphatic rings. The Labute approximate surface area is 519 Å². The highest BCUT2D eigenvalue weighted by Gasteiger charge is 2.40. The molecule has 84 heavy (non-hydrogen) atoms. The van der Waals surface area contributed by atoms with Gasteiger partial charge < -0.3 is 64.7 Å². The van der Waals surface area contributed by atoms with Gasteiger partial charge in [0.25, 0.3) is 0 Å². The summed E-state index contributed by atoms with van der Waals surface area (Å²) in [6.07, 6.45) is 3.87. The second kappa shape index (κ2) is 28.5. The lowest BCUT2D eigenvalue weighted by Crippen LogP contribution is -2.66. The second-order valence-corrected chi connectivity index (χ2v) is 29.3. The van der Waals surface area contributed by atoms with Gasteiger partial charge in [-0.05, 0) is 102 Å². The average Bonchev–Trinajstić information content (AvgIpc) is 1.19. The third-order valence-electron chi connectivity index (χ3n) is 15.6. The van der Waals surface area contributed by atoms with E-state index in [-0.39, 0.29) is 34.4 Å². The van der Waals surface area contributed by atoms with Crippen LogP contribution in [0.3, 0.4) is 0 Å². The van der Waals surface area contributed by atoms with Crippen molar-refractivity contribution in [1.82, 2.24) is 40.0 Å². The first-order valence-electron chi connectivity index (χ1n) is 27.7. The van der Waals surface area contributed by atoms with Gasteiger partial charge in [-0.3, -0.25) is 9.80 Å². The van der Waals surface area contributed by atoms with Crippen molar-refractivity contribution < 1.29 is 23.4 Å². The number of piperazine rings is 2. The molecule has 0 aliphatic carbocycles. The fourth-order valence-corrected chi connectivity index (χ4v) is 14.1. The molecular formula is C59H82Cl2N14O5P2S2. The topological polar surface area (TPSA) is 198 Å². The standard InChI is InChI=1S/C29H37ClN7O2P.C27H33ClN7O2P.C2H4O.CH4.2H2S/c1-5-35-15-21(16-35)36-10-11-37-22(17-36)18-39-25-13-20(12-19(2)27(25)37)32-29-31-14-23(30)28(34-29)33-24-8-6-7-9-26(24)40(3,4)38;1-17-10-18(11-23-25(17)35-9-8-34(19-12-29-13-19)15-20(35)16-37-23)31-27-30-14-21(28)26(33-27)32-22-6-4-5-7-24(22)38(2,3)36;1-2-3;;;/h6-9,12-14,21-22H,5,10-11,15-18H2,1-4H3,(H2,31,32,33,34);4-7,10-11,14,19-20,29H,8-9,12-13,15-16H2,1-3H3,(H2,30,31,32,33);2H,1H3;1H4;2*1H2/t22-;20-;;;;/m00..../s1. The molecule has 0 saturated carbocycles. The molecule has 2 atom stereocenters. The molecular weight excluding hydrogens is 1180 g/mol. The zero-order valence-corrected chi connectivity index (χ0v) is 53.7. The van der Waals surface area contributed by atoms with Crippen LogP contribution in [0.1, 0.15) is 32.4 Å². The first-order valence-corrected chi connectivity index (χ1v) is 33.6. The minimum Gasteiger partial charge on any atom is -0.489 e. The number of aryl methyl sites for hydroxylation is 2. The van der Waals surface area contributed by atoms with Crippen LogP contribution < -0.4 is 56.5 Å². The molecule has 4 fully saturated rings. The molecule has 5 N–H and O–H groups in total. The number of aromatic nitrogens is 4. The second-order valence-electron chi connectivity index (χ2n) is 22.2. The monoisotopic (exact) mass is 1260 g/mol. The maximum atomic E-state index is 12.8. The number of para-hydroxylation sites is 2. The van der Waals surface area contributed by atoms with Gasteiger partial charge >= 0.3 is 0 Å². The largest absolute Gasteiger partial charge is 0.489 e. The van der Waals surface area contributed by atoms with Crippen molar-refractivity contribution in [3.8, 4) is 11.5 Å². The van der Waals surface area contributed by atoms with E-state index in [2.05, 4.69) is 104 Å². The molecule has 4 aromatic carbocycles. The number of likely N-dealkylation sites (N-methyl/N-ethyl adjacent to an activating group) is 1. The van der Waals surface area contributed by atoms with E-state index in [0.29, 0.717) is 76.6 Å². The Morgan fingerprint density at radius 3 is 1.44 bits per heavy atom. The van der Waals surface area contributed by atoms with E-state index >= 15 is 0 Å². The third kappa shape index (κ3) is 15.1. The van der Waals surface area contributed by atoms with Crippen molar-refractivity contribution in [2.75, 3.05) is 143 Å². The molecule has 0 spiro atoms. The van der Waals surface area contributed by atoms with E-state index in [9.17, 15) is 9.13 Å². The Morgan fingerprint density at radius 1 is 0.631 bits per heavy atom. The summed E-state index contributed by atoms with van der Waals surface area (Å²) >= 11 is 12.9. The molecule has 12 rings (SSSR count). The van der Waals surface area contributed by atoms with Crippen LogP contribution in [-0.4, -0.2) is 177 Å². The lowest BCUT2D eigenvalue weighted by Gasteiger charge is -2.52. The number of aldehydes is 1. The maximum absolute atomic E-state index is 12.8. The summed E-state index contributed by atoms with van der Waals surface area (Å²) in [7, 11) is -5.00. The van der Waals surface area contributed by atoms with Crippen molar-refractivity contribution in [3.05, 3.63) is 106 Å². The van der Waals surface area contributed by atoms with E-state index in [1.165, 1.54) is 31.4 Å². The zero-order chi connectivity index (χ0) is 57.2. The zero-order valence-electron chi connectivity index (χ0n) is 48.4. The summed E-state index contributed by atoms with van der Waals surface area (Å²) in [5.41, 5.74) is 7.80. The molecule has 6 aromatic rings. The minimum absolute atomic E-state index is 0. The van der Waals surface area contributed by atoms with Gasteiger partial charge in [0, 0.05) is 112 Å². The van der Waals surface area contributed by atoms with E-state index in [1.54, 1.807) is 39.1 Å². The summed E-state index contributed by atoms with van der Waals surface area (Å²) in [5.74, 6) is 3.46. The van der Waals surface area contributed by atoms with Crippen LogP contribution in [-0.2, 0) is 13.9 Å². The van der Waals surface area contributed by atoms with Crippen molar-refractivity contribution in [2.24, 2.45) is 0 Å². The van der Waals surface area contributed by atoms with Crippen molar-refractivity contribution in [3.63, 3.8) is 0 Å². The Kier molecular flexibility index (Phi) is 22.4. The lowest BCUT2D eigenvalue weighted by molar-refractivity contribution is -0.106. The molecule has 0 bridgehead atoms. The average molecular weight is 1260 g/mol. The predicted octanol–water partition coefficient (Wildman–Crippen LogP) is 9.86. The van der Waals surface area contributed by atoms with Crippen LogP contribution in [0.4, 0.5) is 57.7 Å². The van der Waals surface area contributed by atoms with Gasteiger partial charge in [-0.25, -0.2) is 9.97 Å². The number of nitrogens with zero attached hydrogens (tertiary/aromatic N) is 9. The highest BCUT2D eigenvalue weighted by atomic mass is 35.5. The number of anilines is 10. The highest BCUT2D eigenvalue weighted by Crippen LogP contribution is 2.44. The van der Waals surface area contributed by atoms with E-state index < -0.39 is 14.3 Å². The van der Waals surface area contributed by atoms with Crippen molar-refractivity contribution in [1.29, 1.82) is 0 Å². The first-order chi connectivity index (χ1) is 38.9. The molecule has 454 valence electrons. The molecule has 0 unspecified atom stereocenters. The number of fused-ring (bicyclic) bond motifs is 6. The Bertz CT molecular complexity index is 3370. The lowest BCUT2D eigenvalue weighted by atomic mass is 10.0. The molecule has 25 heteroatoms. The number of hydrogen-bond donors (Lipinski definition) is 5. The van der Waals surface area contributed by atoms with Gasteiger partial charge in [-0.2, -0.15) is 37.0 Å². The Balaban J connectivity index is 0.000000223. The molecule has 6 aliphatic heterocycles. The number of ether oxygens (including phenoxy) is 2. The number of carbonyl (C=O) groups excluding carboxylic acids is 1. The Hall–Kier alpha value is -5.31. The predicted molar refractivity (Wildman–Crippen MR) is 359 cm³/mol. The molecule has 2 aromatic heterocycles. The number of hydrogen-bond acceptors (Lipinski definition) is 19. The van der Waals surface area contributed by atoms with Crippen LogP contribution in [0.15, 0.2) is 85.2 Å². The van der Waals surface area contributed by atoms with Gasteiger partial charge in [0.15, 0.2) is 11.6 Å². The fourth-order valence-electron chi connectivity index (χ4n) is 11.5. The molecule has 8 heterocycles. The van der Waals surface area contributed by atoms with Crippen LogP contribution in [0, 0.1) is 13.8 Å². The number of nitrogens with one attached hydrogen (secondary N) is 5. The summed E-state index contributed by atoms with van der Waals surface area (Å²) in [4.78, 5) is 39.6. The summed E-state index contributed by atoms with van der Waals surface area (Å²) in [5, 5.41) is 18.8. The van der Waals surface area contributed by atoms with Gasteiger partial charge in [0.05, 0.1) is 47.2 Å². The Morgan fingerprint density at radius 2 is 1.05 bits per heavy atom. The summed E-state index contributed by atoms with van der Waals surface area (Å²) < 4.78 is 38.2. The van der Waals surface area contributed by atoms with Crippen molar-refractivity contribution in [2.45, 2.75) is 59.3 Å². The number of halogens is 2. The van der Waals surface area contributed by atoms with E-state index in [0.717, 1.165) is 115 Å². The maximum Gasteiger partial charge on any atom is 0.229 e. The van der Waals surface area contributed by atoms with Crippen LogP contribution in [0.2, 0.25) is 10.0 Å². The number of benzene rings is 4. The summed E-state index contributed by atoms with van der Waals surface area (Å²) in [6.45, 7) is 28.2. The van der Waals surface area contributed by atoms with Crippen LogP contribution in [0.5, 0.6) is 11.5 Å². The quantitative estimate of drug-likeness (QED) is 0.0540. The molecule has 4 saturated heterocycles. The molecule has 0 radical (unpaired) electrons. The highest BCUT2D eigenvalue weighted by molar-refractivity contribution is 7.70. The molecule has 19 nitrogen and oxygen atoms in total. The molecule has 0 amide bonds. The van der Waals surface area contributed by atoms with Gasteiger partial charge in [0.1, 0.15) is 55.3 Å². The fraction of sp³-hybridized carbons (Fsp3) is 0.441. The van der Waals surface area contributed by atoms with Crippen molar-refractivity contribution >= 4 is 139 Å².